The van der Waals surface area contributed by atoms with Gasteiger partial charge in [0.1, 0.15) is 17.6 Å². The maximum absolute atomic E-state index is 14.0. The van der Waals surface area contributed by atoms with Crippen LogP contribution in [0.15, 0.2) is 30.5 Å². The van der Waals surface area contributed by atoms with E-state index in [4.69, 9.17) is 10.5 Å². The highest BCUT2D eigenvalue weighted by atomic mass is 19.1. The quantitative estimate of drug-likeness (QED) is 0.697. The van der Waals surface area contributed by atoms with Crippen molar-refractivity contribution in [3.05, 3.63) is 53.1 Å². The molecular weight excluding hydrogens is 387 g/mol. The average molecular weight is 410 g/mol. The summed E-state index contributed by atoms with van der Waals surface area (Å²) in [5.74, 6) is -0.143. The Morgan fingerprint density at radius 1 is 1.33 bits per heavy atom. The van der Waals surface area contributed by atoms with E-state index in [9.17, 15) is 9.18 Å². The number of carbonyl (C=O) groups excluding carboxylic acids is 1. The summed E-state index contributed by atoms with van der Waals surface area (Å²) in [7, 11) is 1.68. The lowest BCUT2D eigenvalue weighted by atomic mass is 10.0. The Morgan fingerprint density at radius 2 is 2.13 bits per heavy atom. The molecule has 0 radical (unpaired) electrons. The zero-order valence-corrected chi connectivity index (χ0v) is 17.1. The number of amides is 1. The standard InChI is InChI=1S/C21H23FN6O2/c1-4-7-28-19-13-8-18(20(23)24-10-13)30-12(2)16-9-14(22)5-6-15(16)21(29)27(3)11-17(19)25-26-28/h5-6,8-10,12H,4,7,11H2,1-3H3,(H2,23,24)/t12-/m1/s1. The fourth-order valence-corrected chi connectivity index (χ4v) is 3.64. The van der Waals surface area contributed by atoms with Gasteiger partial charge in [-0.05, 0) is 37.6 Å². The van der Waals surface area contributed by atoms with E-state index in [0.29, 0.717) is 29.1 Å². The molecule has 156 valence electrons. The van der Waals surface area contributed by atoms with Crippen molar-refractivity contribution in [1.82, 2.24) is 24.9 Å². The molecule has 1 aliphatic heterocycles. The Balaban J connectivity index is 1.92. The number of halogens is 1. The number of fused-ring (bicyclic) bond motifs is 5. The molecule has 3 heterocycles. The van der Waals surface area contributed by atoms with Crippen molar-refractivity contribution in [1.29, 1.82) is 0 Å². The summed E-state index contributed by atoms with van der Waals surface area (Å²) in [4.78, 5) is 19.0. The Morgan fingerprint density at radius 3 is 2.90 bits per heavy atom. The monoisotopic (exact) mass is 410 g/mol. The third-order valence-corrected chi connectivity index (χ3v) is 5.11. The van der Waals surface area contributed by atoms with Crippen LogP contribution in [0.1, 0.15) is 48.0 Å². The molecule has 9 heteroatoms. The molecule has 1 aromatic carbocycles. The first-order chi connectivity index (χ1) is 14.4. The molecule has 0 spiro atoms. The fraction of sp³-hybridized carbons (Fsp3) is 0.333. The zero-order valence-electron chi connectivity index (χ0n) is 17.1. The molecule has 1 atom stereocenters. The summed E-state index contributed by atoms with van der Waals surface area (Å²) in [6.07, 6.45) is 1.89. The van der Waals surface area contributed by atoms with E-state index in [-0.39, 0.29) is 18.3 Å². The molecule has 0 saturated heterocycles. The molecule has 1 aliphatic rings. The molecule has 8 nitrogen and oxygen atoms in total. The molecule has 0 fully saturated rings. The van der Waals surface area contributed by atoms with E-state index in [2.05, 4.69) is 15.3 Å². The maximum Gasteiger partial charge on any atom is 0.254 e. The molecule has 1 amide bonds. The van der Waals surface area contributed by atoms with Crippen molar-refractivity contribution in [2.45, 2.75) is 39.5 Å². The van der Waals surface area contributed by atoms with Crippen LogP contribution in [-0.4, -0.2) is 37.8 Å². The van der Waals surface area contributed by atoms with Gasteiger partial charge in [0.15, 0.2) is 11.6 Å². The first kappa shape index (κ1) is 19.8. The lowest BCUT2D eigenvalue weighted by molar-refractivity contribution is 0.0778. The van der Waals surface area contributed by atoms with Crippen molar-refractivity contribution in [3.8, 4) is 17.0 Å². The number of hydrogen-bond acceptors (Lipinski definition) is 6. The Labute approximate surface area is 173 Å². The Kier molecular flexibility index (Phi) is 5.11. The van der Waals surface area contributed by atoms with Gasteiger partial charge in [-0.2, -0.15) is 0 Å². The first-order valence-electron chi connectivity index (χ1n) is 9.78. The molecule has 0 aliphatic carbocycles. The largest absolute Gasteiger partial charge is 0.482 e. The number of carbonyl (C=O) groups is 1. The summed E-state index contributed by atoms with van der Waals surface area (Å²) in [5.41, 5.74) is 8.98. The van der Waals surface area contributed by atoms with Gasteiger partial charge in [-0.25, -0.2) is 14.1 Å². The second-order valence-electron chi connectivity index (χ2n) is 7.37. The third-order valence-electron chi connectivity index (χ3n) is 5.11. The predicted octanol–water partition coefficient (Wildman–Crippen LogP) is 3.20. The molecule has 30 heavy (non-hydrogen) atoms. The molecule has 4 rings (SSSR count). The number of hydrogen-bond donors (Lipinski definition) is 1. The number of aromatic nitrogens is 4. The highest BCUT2D eigenvalue weighted by Gasteiger charge is 2.26. The van der Waals surface area contributed by atoms with Gasteiger partial charge in [0, 0.05) is 36.5 Å². The topological polar surface area (TPSA) is 99.2 Å². The minimum Gasteiger partial charge on any atom is -0.482 e. The molecule has 2 aromatic heterocycles. The van der Waals surface area contributed by atoms with Crippen LogP contribution in [-0.2, 0) is 13.1 Å². The van der Waals surface area contributed by atoms with Crippen molar-refractivity contribution < 1.29 is 13.9 Å². The van der Waals surface area contributed by atoms with Crippen LogP contribution in [0, 0.1) is 5.82 Å². The lowest BCUT2D eigenvalue weighted by Crippen LogP contribution is -2.28. The molecule has 2 N–H and O–H groups in total. The van der Waals surface area contributed by atoms with Gasteiger partial charge in [-0.3, -0.25) is 4.79 Å². The van der Waals surface area contributed by atoms with E-state index in [1.807, 2.05) is 6.92 Å². The highest BCUT2D eigenvalue weighted by Crippen LogP contribution is 2.34. The SMILES string of the molecule is CCCn1nnc2c1-c1cnc(N)c(c1)O[C@H](C)c1cc(F)ccc1C(=O)N(C)C2. The summed E-state index contributed by atoms with van der Waals surface area (Å²) in [5, 5.41) is 8.57. The van der Waals surface area contributed by atoms with Gasteiger partial charge >= 0.3 is 0 Å². The summed E-state index contributed by atoms with van der Waals surface area (Å²) >= 11 is 0. The van der Waals surface area contributed by atoms with Gasteiger partial charge in [0.2, 0.25) is 0 Å². The molecule has 0 unspecified atom stereocenters. The van der Waals surface area contributed by atoms with E-state index >= 15 is 0 Å². The molecule has 2 bridgehead atoms. The van der Waals surface area contributed by atoms with Crippen LogP contribution in [0.4, 0.5) is 10.2 Å². The van der Waals surface area contributed by atoms with E-state index in [1.54, 1.807) is 35.8 Å². The minimum absolute atomic E-state index is 0.208. The zero-order chi connectivity index (χ0) is 21.4. The second kappa shape index (κ2) is 7.74. The smallest absolute Gasteiger partial charge is 0.254 e. The normalized spacial score (nSPS) is 16.2. The van der Waals surface area contributed by atoms with Crippen LogP contribution >= 0.6 is 0 Å². The number of ether oxygens (including phenoxy) is 1. The van der Waals surface area contributed by atoms with Crippen LogP contribution in [0.2, 0.25) is 0 Å². The minimum atomic E-state index is -0.620. The molecular formula is C21H23FN6O2. The van der Waals surface area contributed by atoms with Crippen LogP contribution in [0.5, 0.6) is 5.75 Å². The van der Waals surface area contributed by atoms with Crippen molar-refractivity contribution in [3.63, 3.8) is 0 Å². The van der Waals surface area contributed by atoms with Gasteiger partial charge in [0.05, 0.1) is 12.2 Å². The highest BCUT2D eigenvalue weighted by molar-refractivity contribution is 5.95. The molecule has 3 aromatic rings. The van der Waals surface area contributed by atoms with Gasteiger partial charge in [0.25, 0.3) is 5.91 Å². The number of nitrogens with zero attached hydrogens (tertiary/aromatic N) is 5. The van der Waals surface area contributed by atoms with Gasteiger partial charge in [-0.15, -0.1) is 5.10 Å². The number of benzene rings is 1. The lowest BCUT2D eigenvalue weighted by Gasteiger charge is -2.23. The predicted molar refractivity (Wildman–Crippen MR) is 109 cm³/mol. The van der Waals surface area contributed by atoms with E-state index in [0.717, 1.165) is 17.7 Å². The number of anilines is 1. The summed E-state index contributed by atoms with van der Waals surface area (Å²) in [6, 6.07) is 5.84. The van der Waals surface area contributed by atoms with E-state index in [1.165, 1.54) is 18.2 Å². The van der Waals surface area contributed by atoms with Crippen molar-refractivity contribution in [2.24, 2.45) is 0 Å². The Bertz CT molecular complexity index is 1110. The number of aryl methyl sites for hydroxylation is 1. The summed E-state index contributed by atoms with van der Waals surface area (Å²) < 4.78 is 21.8. The number of nitrogens with two attached hydrogens (primary N) is 1. The van der Waals surface area contributed by atoms with Gasteiger partial charge < -0.3 is 15.4 Å². The average Bonchev–Trinajstić information content (AvgIpc) is 3.10. The number of rotatable bonds is 2. The number of nitrogen functional groups attached to an aromatic ring is 1. The summed E-state index contributed by atoms with van der Waals surface area (Å²) in [6.45, 7) is 4.70. The van der Waals surface area contributed by atoms with Crippen LogP contribution in [0.3, 0.4) is 0 Å². The van der Waals surface area contributed by atoms with Crippen molar-refractivity contribution >= 4 is 11.7 Å². The third kappa shape index (κ3) is 3.47. The van der Waals surface area contributed by atoms with Gasteiger partial charge in [-0.1, -0.05) is 12.1 Å². The number of pyridine rings is 1. The van der Waals surface area contributed by atoms with E-state index < -0.39 is 11.9 Å². The molecule has 0 saturated carbocycles. The first-order valence-corrected chi connectivity index (χ1v) is 9.78. The maximum atomic E-state index is 14.0. The fourth-order valence-electron chi connectivity index (χ4n) is 3.64. The second-order valence-corrected chi connectivity index (χ2v) is 7.37. The van der Waals surface area contributed by atoms with Crippen LogP contribution in [0.25, 0.3) is 11.3 Å². The van der Waals surface area contributed by atoms with Crippen molar-refractivity contribution in [2.75, 3.05) is 12.8 Å². The van der Waals surface area contributed by atoms with Crippen LogP contribution < -0.4 is 10.5 Å². The Hall–Kier alpha value is -3.49.